The fourth-order valence-electron chi connectivity index (χ4n) is 1.84. The molecule has 0 aliphatic carbocycles. The normalized spacial score (nSPS) is 16.0. The number of methoxy groups -OCH3 is 1. The molecule has 6 heteroatoms. The van der Waals surface area contributed by atoms with E-state index in [1.165, 1.54) is 0 Å². The number of hydrogen-bond donors (Lipinski definition) is 1. The Morgan fingerprint density at radius 2 is 1.89 bits per heavy atom. The van der Waals surface area contributed by atoms with Crippen LogP contribution < -0.4 is 10.6 Å². The van der Waals surface area contributed by atoms with Crippen molar-refractivity contribution in [1.82, 2.24) is 0 Å². The van der Waals surface area contributed by atoms with Gasteiger partial charge in [-0.05, 0) is 31.0 Å². The first kappa shape index (κ1) is 15.2. The highest BCUT2D eigenvalue weighted by Crippen LogP contribution is 2.61. The van der Waals surface area contributed by atoms with Gasteiger partial charge in [0.15, 0.2) is 0 Å². The Kier molecular flexibility index (Phi) is 5.82. The second kappa shape index (κ2) is 6.90. The summed E-state index contributed by atoms with van der Waals surface area (Å²) in [5, 5.41) is 0. The highest BCUT2D eigenvalue weighted by atomic mass is 31.2. The second-order valence-electron chi connectivity index (χ2n) is 3.76. The van der Waals surface area contributed by atoms with Gasteiger partial charge in [-0.25, -0.2) is 10.5 Å². The lowest BCUT2D eigenvalue weighted by atomic mass is 10.1. The summed E-state index contributed by atoms with van der Waals surface area (Å²) in [6.45, 7) is 3.97. The molecule has 0 amide bonds. The molecule has 2 N–H and O–H groups in total. The second-order valence-corrected chi connectivity index (χ2v) is 5.93. The van der Waals surface area contributed by atoms with Gasteiger partial charge >= 0.3 is 7.60 Å². The molecule has 18 heavy (non-hydrogen) atoms. The van der Waals surface area contributed by atoms with E-state index in [0.29, 0.717) is 13.0 Å². The molecule has 0 fully saturated rings. The molecule has 0 saturated heterocycles. The number of benzene rings is 1. The van der Waals surface area contributed by atoms with Gasteiger partial charge in [-0.15, -0.1) is 0 Å². The average Bonchev–Trinajstić information content (AvgIpc) is 2.40. The monoisotopic (exact) mass is 273 g/mol. The maximum absolute atomic E-state index is 12.5. The van der Waals surface area contributed by atoms with Gasteiger partial charge in [0.05, 0.1) is 19.4 Å². The van der Waals surface area contributed by atoms with Crippen molar-refractivity contribution in [2.75, 3.05) is 13.7 Å². The quantitative estimate of drug-likeness (QED) is 0.610. The van der Waals surface area contributed by atoms with Crippen LogP contribution >= 0.6 is 7.60 Å². The third-order valence-electron chi connectivity index (χ3n) is 2.72. The van der Waals surface area contributed by atoms with E-state index in [2.05, 4.69) is 4.62 Å². The van der Waals surface area contributed by atoms with Crippen molar-refractivity contribution in [2.45, 2.75) is 25.9 Å². The molecule has 5 nitrogen and oxygen atoms in total. The highest BCUT2D eigenvalue weighted by molar-refractivity contribution is 7.54. The molecular weight excluding hydrogens is 253 g/mol. The van der Waals surface area contributed by atoms with Gasteiger partial charge in [-0.1, -0.05) is 19.1 Å². The van der Waals surface area contributed by atoms with Crippen LogP contribution in [-0.2, 0) is 13.7 Å². The predicted octanol–water partition coefficient (Wildman–Crippen LogP) is 3.27. The van der Waals surface area contributed by atoms with Gasteiger partial charge in [0, 0.05) is 0 Å². The van der Waals surface area contributed by atoms with Crippen molar-refractivity contribution < 1.29 is 18.5 Å². The molecule has 0 heterocycles. The molecule has 0 aromatic heterocycles. The van der Waals surface area contributed by atoms with Crippen molar-refractivity contribution >= 4 is 7.60 Å². The van der Waals surface area contributed by atoms with Crippen LogP contribution in [0.5, 0.6) is 5.75 Å². The van der Waals surface area contributed by atoms with Gasteiger partial charge in [0.1, 0.15) is 5.75 Å². The molecule has 0 radical (unpaired) electrons. The van der Waals surface area contributed by atoms with Crippen molar-refractivity contribution in [1.29, 1.82) is 0 Å². The van der Waals surface area contributed by atoms with E-state index in [1.807, 2.05) is 31.2 Å². The number of ether oxygens (including phenoxy) is 1. The van der Waals surface area contributed by atoms with Gasteiger partial charge in [-0.2, -0.15) is 0 Å². The molecule has 0 aliphatic rings. The lowest BCUT2D eigenvalue weighted by Gasteiger charge is -2.24. The minimum Gasteiger partial charge on any atom is -0.497 e. The lowest BCUT2D eigenvalue weighted by Crippen LogP contribution is -2.09. The van der Waals surface area contributed by atoms with E-state index >= 15 is 0 Å². The Bertz CT molecular complexity index is 407. The molecule has 2 atom stereocenters. The summed E-state index contributed by atoms with van der Waals surface area (Å²) in [6, 6.07) is 7.31. The fourth-order valence-corrected chi connectivity index (χ4v) is 3.57. The lowest BCUT2D eigenvalue weighted by molar-refractivity contribution is 0.207. The SMILES string of the molecule is CCOP(=O)(ON)C(CC)c1ccc(OC)cc1. The van der Waals surface area contributed by atoms with Crippen LogP contribution in [0.1, 0.15) is 31.5 Å². The van der Waals surface area contributed by atoms with Gasteiger partial charge in [0.2, 0.25) is 0 Å². The first-order valence-electron chi connectivity index (χ1n) is 5.88. The molecule has 0 aliphatic heterocycles. The van der Waals surface area contributed by atoms with E-state index in [9.17, 15) is 4.57 Å². The minimum absolute atomic E-state index is 0.293. The molecule has 2 unspecified atom stereocenters. The van der Waals surface area contributed by atoms with E-state index < -0.39 is 7.60 Å². The Balaban J connectivity index is 3.03. The summed E-state index contributed by atoms with van der Waals surface area (Å²) in [7, 11) is -1.72. The maximum atomic E-state index is 12.5. The topological polar surface area (TPSA) is 70.8 Å². The summed E-state index contributed by atoms with van der Waals surface area (Å²) in [4.78, 5) is 0. The standard InChI is InChI=1S/C12H20NO4P/c1-4-12(18(14,17-13)16-5-2)10-6-8-11(15-3)9-7-10/h6-9,12H,4-5,13H2,1-3H3. The number of rotatable bonds is 7. The van der Waals surface area contributed by atoms with E-state index in [1.54, 1.807) is 14.0 Å². The van der Waals surface area contributed by atoms with E-state index in [-0.39, 0.29) is 5.66 Å². The maximum Gasteiger partial charge on any atom is 0.354 e. The largest absolute Gasteiger partial charge is 0.497 e. The van der Waals surface area contributed by atoms with Crippen LogP contribution in [-0.4, -0.2) is 13.7 Å². The van der Waals surface area contributed by atoms with Crippen LogP contribution in [0.4, 0.5) is 0 Å². The van der Waals surface area contributed by atoms with E-state index in [4.69, 9.17) is 15.2 Å². The summed E-state index contributed by atoms with van der Waals surface area (Å²) < 4.78 is 27.4. The molecule has 102 valence electrons. The Labute approximate surface area is 108 Å². The first-order chi connectivity index (χ1) is 8.61. The van der Waals surface area contributed by atoms with Crippen molar-refractivity contribution in [3.8, 4) is 5.75 Å². The van der Waals surface area contributed by atoms with Crippen LogP contribution in [0.15, 0.2) is 24.3 Å². The van der Waals surface area contributed by atoms with Crippen LogP contribution in [0, 0.1) is 0 Å². The molecule has 1 aromatic carbocycles. The van der Waals surface area contributed by atoms with Crippen LogP contribution in [0.25, 0.3) is 0 Å². The number of hydrogen-bond acceptors (Lipinski definition) is 5. The highest BCUT2D eigenvalue weighted by Gasteiger charge is 2.35. The van der Waals surface area contributed by atoms with Crippen molar-refractivity contribution in [2.24, 2.45) is 5.90 Å². The summed E-state index contributed by atoms with van der Waals surface area (Å²) >= 11 is 0. The Morgan fingerprint density at radius 3 is 2.28 bits per heavy atom. The van der Waals surface area contributed by atoms with E-state index in [0.717, 1.165) is 11.3 Å². The van der Waals surface area contributed by atoms with Gasteiger partial charge in [0.25, 0.3) is 0 Å². The van der Waals surface area contributed by atoms with Crippen LogP contribution in [0.2, 0.25) is 0 Å². The number of nitrogens with two attached hydrogens (primary N) is 1. The molecule has 1 rings (SSSR count). The third kappa shape index (κ3) is 3.33. The molecule has 0 bridgehead atoms. The average molecular weight is 273 g/mol. The summed E-state index contributed by atoms with van der Waals surface area (Å²) in [5.74, 6) is 5.89. The van der Waals surface area contributed by atoms with Gasteiger partial charge in [-0.3, -0.25) is 4.57 Å². The predicted molar refractivity (Wildman–Crippen MR) is 70.5 cm³/mol. The zero-order valence-electron chi connectivity index (χ0n) is 11.0. The summed E-state index contributed by atoms with van der Waals surface area (Å²) in [5.41, 5.74) is 0.494. The first-order valence-corrected chi connectivity index (χ1v) is 7.49. The fraction of sp³-hybridized carbons (Fsp3) is 0.500. The smallest absolute Gasteiger partial charge is 0.354 e. The Morgan fingerprint density at radius 1 is 1.28 bits per heavy atom. The third-order valence-corrected chi connectivity index (χ3v) is 5.06. The Hall–Kier alpha value is -0.870. The molecule has 0 spiro atoms. The molecule has 0 saturated carbocycles. The molecular formula is C12H20NO4P. The van der Waals surface area contributed by atoms with Crippen LogP contribution in [0.3, 0.4) is 0 Å². The van der Waals surface area contributed by atoms with Gasteiger partial charge < -0.3 is 9.26 Å². The minimum atomic E-state index is -3.32. The zero-order valence-corrected chi connectivity index (χ0v) is 11.9. The molecule has 1 aromatic rings. The van der Waals surface area contributed by atoms with Crippen molar-refractivity contribution in [3.05, 3.63) is 29.8 Å². The zero-order chi connectivity index (χ0) is 13.6. The van der Waals surface area contributed by atoms with Crippen molar-refractivity contribution in [3.63, 3.8) is 0 Å². The summed E-state index contributed by atoms with van der Waals surface area (Å²) in [6.07, 6.45) is 0.612.